The van der Waals surface area contributed by atoms with Gasteiger partial charge in [0.25, 0.3) is 0 Å². The third-order valence-electron chi connectivity index (χ3n) is 13.1. The fourth-order valence-corrected chi connectivity index (χ4v) is 15.3. The molecule has 0 aliphatic heterocycles. The lowest BCUT2D eigenvalue weighted by Crippen LogP contribution is -2.75. The van der Waals surface area contributed by atoms with E-state index in [1.807, 2.05) is 0 Å². The highest BCUT2D eigenvalue weighted by Crippen LogP contribution is 2.40. The van der Waals surface area contributed by atoms with Crippen molar-refractivity contribution in [2.75, 3.05) is 0 Å². The highest BCUT2D eigenvalue weighted by atomic mass is 28.3. The van der Waals surface area contributed by atoms with Crippen molar-refractivity contribution in [2.24, 2.45) is 0 Å². The van der Waals surface area contributed by atoms with Gasteiger partial charge in [0.05, 0.1) is 27.8 Å². The van der Waals surface area contributed by atoms with Gasteiger partial charge in [-0.1, -0.05) is 218 Å². The van der Waals surface area contributed by atoms with Gasteiger partial charge in [-0.3, -0.25) is 0 Å². The van der Waals surface area contributed by atoms with E-state index in [9.17, 15) is 0 Å². The Balaban J connectivity index is 1.21. The minimum Gasteiger partial charge on any atom is -0.309 e. The maximum atomic E-state index is 2.59. The first kappa shape index (κ1) is 36.8. The molecule has 63 heavy (non-hydrogen) atoms. The molecule has 0 N–H and O–H groups in total. The van der Waals surface area contributed by atoms with Crippen LogP contribution in [-0.4, -0.2) is 17.2 Å². The molecule has 12 rings (SSSR count). The third kappa shape index (κ3) is 5.85. The second kappa shape index (κ2) is 15.2. The zero-order chi connectivity index (χ0) is 41.7. The van der Waals surface area contributed by atoms with Crippen LogP contribution >= 0.6 is 0 Å². The van der Waals surface area contributed by atoms with E-state index in [0.717, 1.165) is 5.69 Å². The number of hydrogen-bond acceptors (Lipinski definition) is 0. The topological polar surface area (TPSA) is 9.86 Å². The first-order chi connectivity index (χ1) is 31.3. The molecule has 3 heteroatoms. The van der Waals surface area contributed by atoms with Crippen molar-refractivity contribution >= 4 is 72.4 Å². The van der Waals surface area contributed by atoms with Gasteiger partial charge < -0.3 is 9.13 Å². The van der Waals surface area contributed by atoms with Gasteiger partial charge in [-0.2, -0.15) is 0 Å². The van der Waals surface area contributed by atoms with Gasteiger partial charge in [0.2, 0.25) is 0 Å². The number of rotatable bonds is 8. The van der Waals surface area contributed by atoms with Crippen LogP contribution < -0.4 is 20.7 Å². The maximum absolute atomic E-state index is 2.97. The first-order valence-corrected chi connectivity index (χ1v) is 23.8. The van der Waals surface area contributed by atoms with Crippen molar-refractivity contribution in [3.8, 4) is 33.6 Å². The Morgan fingerprint density at radius 2 is 0.810 bits per heavy atom. The molecule has 2 nitrogen and oxygen atoms in total. The monoisotopic (exact) mass is 818 g/mol. The van der Waals surface area contributed by atoms with Gasteiger partial charge in [-0.25, -0.2) is 0 Å². The Morgan fingerprint density at radius 3 is 1.48 bits per heavy atom. The molecule has 0 aliphatic rings. The molecule has 0 fully saturated rings. The lowest BCUT2D eigenvalue weighted by molar-refractivity contribution is 1.17. The molecule has 0 bridgehead atoms. The molecule has 0 aliphatic carbocycles. The summed E-state index contributed by atoms with van der Waals surface area (Å²) in [6, 6.07) is 94.4. The normalized spacial score (nSPS) is 11.8. The Hall–Kier alpha value is -7.98. The van der Waals surface area contributed by atoms with Crippen LogP contribution in [0.15, 0.2) is 255 Å². The summed E-state index contributed by atoms with van der Waals surface area (Å²) in [4.78, 5) is 0. The highest BCUT2D eigenvalue weighted by Gasteiger charge is 2.43. The summed E-state index contributed by atoms with van der Waals surface area (Å²) in [5.74, 6) is 0. The van der Waals surface area contributed by atoms with Gasteiger partial charge >= 0.3 is 0 Å². The van der Waals surface area contributed by atoms with Crippen molar-refractivity contribution in [1.29, 1.82) is 0 Å². The molecule has 0 radical (unpaired) electrons. The van der Waals surface area contributed by atoms with Crippen LogP contribution in [0.2, 0.25) is 0 Å². The summed E-state index contributed by atoms with van der Waals surface area (Å²) in [6.45, 7) is 0. The van der Waals surface area contributed by atoms with Crippen LogP contribution in [-0.2, 0) is 0 Å². The summed E-state index contributed by atoms with van der Waals surface area (Å²) in [5.41, 5.74) is 11.9. The predicted molar refractivity (Wildman–Crippen MR) is 270 cm³/mol. The molecule has 0 unspecified atom stereocenters. The molecule has 0 atom stereocenters. The molecule has 0 saturated heterocycles. The van der Waals surface area contributed by atoms with Gasteiger partial charge in [0.1, 0.15) is 0 Å². The Labute approximate surface area is 368 Å². The van der Waals surface area contributed by atoms with E-state index < -0.39 is 8.07 Å². The molecule has 2 aromatic heterocycles. The van der Waals surface area contributed by atoms with Gasteiger partial charge in [-0.05, 0) is 73.8 Å². The fraction of sp³-hybridized carbons (Fsp3) is 0. The largest absolute Gasteiger partial charge is 0.309 e. The fourth-order valence-electron chi connectivity index (χ4n) is 10.4. The Bertz CT molecular complexity index is 3500. The van der Waals surface area contributed by atoms with Crippen LogP contribution in [0.25, 0.3) is 77.2 Å². The molecule has 12 aromatic rings. The number of fused-ring (bicyclic) bond motifs is 6. The first-order valence-electron chi connectivity index (χ1n) is 21.8. The molecule has 2 heterocycles. The van der Waals surface area contributed by atoms with Crippen molar-refractivity contribution in [1.82, 2.24) is 9.13 Å². The molecule has 10 aromatic carbocycles. The zero-order valence-electron chi connectivity index (χ0n) is 34.6. The van der Waals surface area contributed by atoms with Crippen molar-refractivity contribution < 1.29 is 0 Å². The second-order valence-corrected chi connectivity index (χ2v) is 20.2. The van der Waals surface area contributed by atoms with Crippen molar-refractivity contribution in [3.63, 3.8) is 0 Å². The zero-order valence-corrected chi connectivity index (χ0v) is 35.6. The van der Waals surface area contributed by atoms with Crippen LogP contribution in [0.1, 0.15) is 0 Å². The summed E-state index contributed by atoms with van der Waals surface area (Å²) in [5, 5.41) is 10.4. The number of benzene rings is 10. The molecule has 296 valence electrons. The maximum Gasteiger partial charge on any atom is 0.181 e. The number of aromatic nitrogens is 2. The van der Waals surface area contributed by atoms with E-state index in [1.54, 1.807) is 0 Å². The standard InChI is InChI=1S/C60H42N2Si/c1-6-21-43(22-7-1)45-37-39-52-53-33-20-36-59(63(47-25-10-3-11-26-47,48-27-12-4-13-28-48)49-29-14-5-15-30-49)60(53)61(58(52)41-45)46-38-40-57-54(42-46)51-32-17-19-35-56(51)62(57)55-34-18-16-31-50(55)44-23-8-2-9-24-44/h1-42H. The Morgan fingerprint density at radius 1 is 0.286 bits per heavy atom. The molecule has 0 amide bonds. The second-order valence-electron chi connectivity index (χ2n) is 16.4. The number of hydrogen-bond donors (Lipinski definition) is 0. The Kier molecular flexibility index (Phi) is 8.87. The van der Waals surface area contributed by atoms with Crippen LogP contribution in [0.5, 0.6) is 0 Å². The van der Waals surface area contributed by atoms with E-state index in [4.69, 9.17) is 0 Å². The SMILES string of the molecule is c1ccc(-c2ccc3c4cccc([Si](c5ccccc5)(c5ccccc5)c5ccccc5)c4n(-c4ccc5c(c4)c4ccccc4n5-c4ccccc4-c4ccccc4)c3c2)cc1. The molecular formula is C60H42N2Si. The van der Waals surface area contributed by atoms with Crippen LogP contribution in [0.4, 0.5) is 0 Å². The molecule has 0 saturated carbocycles. The quantitative estimate of drug-likeness (QED) is 0.107. The van der Waals surface area contributed by atoms with E-state index >= 15 is 0 Å². The molecular weight excluding hydrogens is 777 g/mol. The van der Waals surface area contributed by atoms with Crippen molar-refractivity contribution in [2.45, 2.75) is 0 Å². The van der Waals surface area contributed by atoms with E-state index in [2.05, 4.69) is 264 Å². The summed E-state index contributed by atoms with van der Waals surface area (Å²) >= 11 is 0. The summed E-state index contributed by atoms with van der Waals surface area (Å²) < 4.78 is 5.05. The minimum absolute atomic E-state index is 1.14. The van der Waals surface area contributed by atoms with Crippen LogP contribution in [0.3, 0.4) is 0 Å². The van der Waals surface area contributed by atoms with Gasteiger partial charge in [-0.15, -0.1) is 0 Å². The lowest BCUT2D eigenvalue weighted by atomic mass is 10.0. The highest BCUT2D eigenvalue weighted by molar-refractivity contribution is 7.20. The number of para-hydroxylation sites is 3. The van der Waals surface area contributed by atoms with Gasteiger partial charge in [0, 0.05) is 32.8 Å². The third-order valence-corrected chi connectivity index (χ3v) is 17.9. The average Bonchev–Trinajstić information content (AvgIpc) is 3.88. The smallest absolute Gasteiger partial charge is 0.181 e. The average molecular weight is 819 g/mol. The summed E-state index contributed by atoms with van der Waals surface area (Å²) in [6.07, 6.45) is 0. The van der Waals surface area contributed by atoms with E-state index in [1.165, 1.54) is 92.3 Å². The molecule has 0 spiro atoms. The van der Waals surface area contributed by atoms with E-state index in [-0.39, 0.29) is 0 Å². The summed E-state index contributed by atoms with van der Waals surface area (Å²) in [7, 11) is -2.97. The van der Waals surface area contributed by atoms with Crippen LogP contribution in [0, 0.1) is 0 Å². The van der Waals surface area contributed by atoms with E-state index in [0.29, 0.717) is 0 Å². The van der Waals surface area contributed by atoms with Crippen molar-refractivity contribution in [3.05, 3.63) is 255 Å². The van der Waals surface area contributed by atoms with Gasteiger partial charge in [0.15, 0.2) is 8.07 Å². The predicted octanol–water partition coefficient (Wildman–Crippen LogP) is 12.6. The number of nitrogens with zero attached hydrogens (tertiary/aromatic N) is 2. The lowest BCUT2D eigenvalue weighted by Gasteiger charge is -2.35. The minimum atomic E-state index is -2.97.